The monoisotopic (exact) mass is 312 g/mol. The fraction of sp³-hybridized carbons (Fsp3) is 0.842. The molecular weight excluding hydrogens is 276 g/mol. The summed E-state index contributed by atoms with van der Waals surface area (Å²) in [5, 5.41) is 17.7. The quantitative estimate of drug-likeness (QED) is 0.293. The van der Waals surface area contributed by atoms with Gasteiger partial charge in [0.1, 0.15) is 0 Å². The third kappa shape index (κ3) is 19.2. The molecule has 0 amide bonds. The number of aliphatic hydroxyl groups is 1. The normalized spacial score (nSPS) is 12.8. The number of hydrogen-bond donors (Lipinski definition) is 2. The summed E-state index contributed by atoms with van der Waals surface area (Å²) >= 11 is 0. The predicted octanol–water partition coefficient (Wildman–Crippen LogP) is 5.47. The Morgan fingerprint density at radius 2 is 1.27 bits per heavy atom. The topological polar surface area (TPSA) is 57.5 Å². The molecule has 0 saturated carbocycles. The van der Waals surface area contributed by atoms with Gasteiger partial charge in [0.15, 0.2) is 0 Å². The van der Waals surface area contributed by atoms with Crippen LogP contribution in [0.4, 0.5) is 0 Å². The zero-order valence-corrected chi connectivity index (χ0v) is 14.4. The van der Waals surface area contributed by atoms with E-state index in [1.165, 1.54) is 44.9 Å². The summed E-state index contributed by atoms with van der Waals surface area (Å²) in [7, 11) is 0. The average Bonchev–Trinajstić information content (AvgIpc) is 2.46. The van der Waals surface area contributed by atoms with Crippen LogP contribution >= 0.6 is 0 Å². The largest absolute Gasteiger partial charge is 0.481 e. The van der Waals surface area contributed by atoms with Crippen molar-refractivity contribution in [3.8, 4) is 0 Å². The zero-order chi connectivity index (χ0) is 16.5. The minimum Gasteiger partial charge on any atom is -0.481 e. The van der Waals surface area contributed by atoms with E-state index in [0.717, 1.165) is 38.5 Å². The van der Waals surface area contributed by atoms with E-state index in [4.69, 9.17) is 10.2 Å². The van der Waals surface area contributed by atoms with Gasteiger partial charge in [0.25, 0.3) is 0 Å². The SMILES string of the molecule is CC(O)CCCCCCCCCCC=CCCCCC(=O)O. The predicted molar refractivity (Wildman–Crippen MR) is 93.1 cm³/mol. The zero-order valence-electron chi connectivity index (χ0n) is 14.4. The minimum absolute atomic E-state index is 0.134. The molecule has 0 aliphatic heterocycles. The van der Waals surface area contributed by atoms with E-state index in [-0.39, 0.29) is 6.10 Å². The van der Waals surface area contributed by atoms with Gasteiger partial charge in [0, 0.05) is 6.42 Å². The molecule has 0 aliphatic carbocycles. The van der Waals surface area contributed by atoms with Crippen molar-refractivity contribution in [2.75, 3.05) is 0 Å². The van der Waals surface area contributed by atoms with Gasteiger partial charge in [-0.05, 0) is 45.4 Å². The van der Waals surface area contributed by atoms with Crippen LogP contribution in [-0.4, -0.2) is 22.3 Å². The van der Waals surface area contributed by atoms with E-state index in [9.17, 15) is 4.79 Å². The molecule has 1 atom stereocenters. The van der Waals surface area contributed by atoms with Crippen LogP contribution < -0.4 is 0 Å². The van der Waals surface area contributed by atoms with Gasteiger partial charge in [-0.25, -0.2) is 0 Å². The van der Waals surface area contributed by atoms with Crippen molar-refractivity contribution in [1.82, 2.24) is 0 Å². The lowest BCUT2D eigenvalue weighted by Gasteiger charge is -2.03. The molecule has 1 unspecified atom stereocenters. The van der Waals surface area contributed by atoms with Gasteiger partial charge < -0.3 is 10.2 Å². The summed E-state index contributed by atoms with van der Waals surface area (Å²) in [5.41, 5.74) is 0. The van der Waals surface area contributed by atoms with Gasteiger partial charge >= 0.3 is 5.97 Å². The first-order valence-electron chi connectivity index (χ1n) is 9.17. The van der Waals surface area contributed by atoms with E-state index >= 15 is 0 Å². The second-order valence-corrected chi connectivity index (χ2v) is 6.37. The summed E-state index contributed by atoms with van der Waals surface area (Å²) < 4.78 is 0. The van der Waals surface area contributed by atoms with Gasteiger partial charge in [-0.1, -0.05) is 57.1 Å². The fourth-order valence-electron chi connectivity index (χ4n) is 2.54. The van der Waals surface area contributed by atoms with E-state index in [0.29, 0.717) is 6.42 Å². The molecule has 0 aromatic rings. The molecule has 22 heavy (non-hydrogen) atoms. The van der Waals surface area contributed by atoms with Gasteiger partial charge in [-0.15, -0.1) is 0 Å². The van der Waals surface area contributed by atoms with Crippen molar-refractivity contribution in [3.05, 3.63) is 12.2 Å². The molecule has 0 aromatic carbocycles. The maximum Gasteiger partial charge on any atom is 0.303 e. The molecule has 0 aliphatic rings. The molecule has 0 spiro atoms. The smallest absolute Gasteiger partial charge is 0.303 e. The van der Waals surface area contributed by atoms with Crippen LogP contribution in [0, 0.1) is 0 Å². The third-order valence-corrected chi connectivity index (χ3v) is 3.92. The highest BCUT2D eigenvalue weighted by atomic mass is 16.4. The number of aliphatic hydroxyl groups excluding tert-OH is 1. The molecular formula is C19H36O3. The maximum absolute atomic E-state index is 10.3. The Kier molecular flexibility index (Phi) is 15.9. The molecule has 0 heterocycles. The molecule has 0 aromatic heterocycles. The van der Waals surface area contributed by atoms with Gasteiger partial charge in [-0.3, -0.25) is 4.79 Å². The number of aliphatic carboxylic acids is 1. The second-order valence-electron chi connectivity index (χ2n) is 6.37. The Morgan fingerprint density at radius 1 is 0.818 bits per heavy atom. The fourth-order valence-corrected chi connectivity index (χ4v) is 2.54. The summed E-state index contributed by atoms with van der Waals surface area (Å²) in [6.45, 7) is 1.87. The number of hydrogen-bond acceptors (Lipinski definition) is 2. The minimum atomic E-state index is -0.688. The van der Waals surface area contributed by atoms with Crippen molar-refractivity contribution >= 4 is 5.97 Å². The highest BCUT2D eigenvalue weighted by molar-refractivity contribution is 5.66. The van der Waals surface area contributed by atoms with Gasteiger partial charge in [0.2, 0.25) is 0 Å². The molecule has 0 radical (unpaired) electrons. The van der Waals surface area contributed by atoms with Gasteiger partial charge in [-0.2, -0.15) is 0 Å². The molecule has 2 N–H and O–H groups in total. The first-order valence-corrected chi connectivity index (χ1v) is 9.17. The first-order chi connectivity index (χ1) is 10.6. The van der Waals surface area contributed by atoms with E-state index in [2.05, 4.69) is 12.2 Å². The van der Waals surface area contributed by atoms with Crippen molar-refractivity contribution in [2.45, 2.75) is 103 Å². The molecule has 3 nitrogen and oxygen atoms in total. The molecule has 0 rings (SSSR count). The molecule has 0 bridgehead atoms. The Morgan fingerprint density at radius 3 is 1.77 bits per heavy atom. The summed E-state index contributed by atoms with van der Waals surface area (Å²) in [5.74, 6) is -0.688. The lowest BCUT2D eigenvalue weighted by Crippen LogP contribution is -1.98. The van der Waals surface area contributed by atoms with Crippen LogP contribution in [0.3, 0.4) is 0 Å². The summed E-state index contributed by atoms with van der Waals surface area (Å²) in [6.07, 6.45) is 19.8. The molecule has 0 fully saturated rings. The Bertz CT molecular complexity index is 272. The molecule has 130 valence electrons. The van der Waals surface area contributed by atoms with Crippen LogP contribution in [0.25, 0.3) is 0 Å². The van der Waals surface area contributed by atoms with Crippen molar-refractivity contribution in [3.63, 3.8) is 0 Å². The highest BCUT2D eigenvalue weighted by Crippen LogP contribution is 2.11. The number of allylic oxidation sites excluding steroid dienone is 2. The number of carboxylic acids is 1. The lowest BCUT2D eigenvalue weighted by atomic mass is 10.1. The van der Waals surface area contributed by atoms with Crippen molar-refractivity contribution < 1.29 is 15.0 Å². The number of carbonyl (C=O) groups is 1. The van der Waals surface area contributed by atoms with Crippen LogP contribution in [0.15, 0.2) is 12.2 Å². The van der Waals surface area contributed by atoms with E-state index in [1.54, 1.807) is 0 Å². The third-order valence-electron chi connectivity index (χ3n) is 3.92. The van der Waals surface area contributed by atoms with Crippen LogP contribution in [0.5, 0.6) is 0 Å². The van der Waals surface area contributed by atoms with Crippen LogP contribution in [0.1, 0.15) is 96.8 Å². The number of carboxylic acid groups (broad SMARTS) is 1. The van der Waals surface area contributed by atoms with E-state index < -0.39 is 5.97 Å². The number of rotatable bonds is 16. The second kappa shape index (κ2) is 16.5. The van der Waals surface area contributed by atoms with Gasteiger partial charge in [0.05, 0.1) is 6.10 Å². The summed E-state index contributed by atoms with van der Waals surface area (Å²) in [4.78, 5) is 10.3. The van der Waals surface area contributed by atoms with Crippen molar-refractivity contribution in [2.24, 2.45) is 0 Å². The molecule has 3 heteroatoms. The van der Waals surface area contributed by atoms with Crippen LogP contribution in [-0.2, 0) is 4.79 Å². The highest BCUT2D eigenvalue weighted by Gasteiger charge is 1.96. The molecule has 0 saturated heterocycles. The number of unbranched alkanes of at least 4 members (excludes halogenated alkanes) is 10. The lowest BCUT2D eigenvalue weighted by molar-refractivity contribution is -0.137. The summed E-state index contributed by atoms with van der Waals surface area (Å²) in [6, 6.07) is 0. The Labute approximate surface area is 136 Å². The van der Waals surface area contributed by atoms with E-state index in [1.807, 2.05) is 6.92 Å². The average molecular weight is 312 g/mol. The van der Waals surface area contributed by atoms with Crippen LogP contribution in [0.2, 0.25) is 0 Å². The Hall–Kier alpha value is -0.830. The van der Waals surface area contributed by atoms with Crippen molar-refractivity contribution in [1.29, 1.82) is 0 Å². The Balaban J connectivity index is 3.09. The maximum atomic E-state index is 10.3. The standard InChI is InChI=1S/C19H36O3/c1-18(20)16-14-12-10-8-6-4-2-3-5-7-9-11-13-15-17-19(21)22/h7,9,18,20H,2-6,8,10-17H2,1H3,(H,21,22). The first kappa shape index (κ1) is 21.2.